The number of fused-ring (bicyclic) bond motifs is 1. The maximum Gasteiger partial charge on any atom is 0.113 e. The Labute approximate surface area is 168 Å². The van der Waals surface area contributed by atoms with Crippen LogP contribution in [0.2, 0.25) is 5.02 Å². The quantitative estimate of drug-likeness (QED) is 0.614. The Morgan fingerprint density at radius 3 is 2.29 bits per heavy atom. The van der Waals surface area contributed by atoms with Crippen molar-refractivity contribution in [2.75, 3.05) is 6.61 Å². The molecule has 2 aromatic carbocycles. The lowest BCUT2D eigenvalue weighted by molar-refractivity contribution is -0.231. The summed E-state index contributed by atoms with van der Waals surface area (Å²) in [5.74, 6) is 0. The summed E-state index contributed by atoms with van der Waals surface area (Å²) < 4.78 is 5.67. The van der Waals surface area contributed by atoms with Gasteiger partial charge in [0, 0.05) is 24.7 Å². The molecule has 2 aromatic rings. The number of nitrogens with zero attached hydrogens (tertiary/aromatic N) is 1. The van der Waals surface area contributed by atoms with Gasteiger partial charge < -0.3 is 25.2 Å². The highest BCUT2D eigenvalue weighted by Gasteiger charge is 2.44. The molecule has 0 saturated carbocycles. The van der Waals surface area contributed by atoms with Crippen molar-refractivity contribution in [3.63, 3.8) is 0 Å². The van der Waals surface area contributed by atoms with E-state index in [1.165, 1.54) is 11.1 Å². The molecular formula is C21H24ClNO5. The number of aliphatic hydroxyl groups excluding tert-OH is 4. The van der Waals surface area contributed by atoms with E-state index in [1.807, 2.05) is 18.2 Å². The number of rotatable bonds is 4. The molecular weight excluding hydrogens is 382 g/mol. The minimum atomic E-state index is -1.40. The van der Waals surface area contributed by atoms with Crippen molar-refractivity contribution in [3.8, 4) is 0 Å². The minimum absolute atomic E-state index is 0.450. The van der Waals surface area contributed by atoms with Crippen LogP contribution in [0.4, 0.5) is 0 Å². The molecule has 4 rings (SSSR count). The lowest BCUT2D eigenvalue weighted by Gasteiger charge is -2.40. The van der Waals surface area contributed by atoms with Gasteiger partial charge in [-0.3, -0.25) is 4.90 Å². The van der Waals surface area contributed by atoms with Crippen LogP contribution in [-0.2, 0) is 24.4 Å². The van der Waals surface area contributed by atoms with E-state index in [-0.39, 0.29) is 0 Å². The largest absolute Gasteiger partial charge is 0.394 e. The van der Waals surface area contributed by atoms with Crippen LogP contribution in [0.25, 0.3) is 0 Å². The molecule has 0 aliphatic carbocycles. The smallest absolute Gasteiger partial charge is 0.113 e. The lowest BCUT2D eigenvalue weighted by atomic mass is 9.90. The van der Waals surface area contributed by atoms with Crippen molar-refractivity contribution < 1.29 is 25.2 Å². The predicted octanol–water partition coefficient (Wildman–Crippen LogP) is 1.37. The Morgan fingerprint density at radius 1 is 0.964 bits per heavy atom. The van der Waals surface area contributed by atoms with Gasteiger partial charge in [0.2, 0.25) is 0 Å². The fourth-order valence-electron chi connectivity index (χ4n) is 4.03. The van der Waals surface area contributed by atoms with E-state index in [9.17, 15) is 20.4 Å². The zero-order valence-corrected chi connectivity index (χ0v) is 16.0. The minimum Gasteiger partial charge on any atom is -0.394 e. The van der Waals surface area contributed by atoms with Gasteiger partial charge >= 0.3 is 0 Å². The molecule has 0 amide bonds. The fourth-order valence-corrected chi connectivity index (χ4v) is 4.20. The molecule has 1 saturated heterocycles. The summed E-state index contributed by atoms with van der Waals surface area (Å²) in [5, 5.41) is 40.4. The van der Waals surface area contributed by atoms with Crippen LogP contribution in [0.1, 0.15) is 28.4 Å². The second-order valence-corrected chi connectivity index (χ2v) is 7.92. The molecule has 1 fully saturated rings. The molecule has 6 nitrogen and oxygen atoms in total. The first-order chi connectivity index (χ1) is 13.5. The summed E-state index contributed by atoms with van der Waals surface area (Å²) in [6, 6.07) is 13.7. The zero-order chi connectivity index (χ0) is 19.8. The van der Waals surface area contributed by atoms with Gasteiger partial charge in [-0.2, -0.15) is 0 Å². The standard InChI is InChI=1S/C21H24ClNO5/c22-16-6-5-12(21-20(27)19(26)18(25)17(11-24)28-21)7-15(16)10-23-8-13-3-1-2-4-14(13)9-23/h1-7,17-21,24-27H,8-11H2/t17?,18-,19?,20-,21?/m1/s1. The number of benzene rings is 2. The van der Waals surface area contributed by atoms with Gasteiger partial charge in [0.1, 0.15) is 30.5 Å². The number of aliphatic hydroxyl groups is 4. The normalized spacial score (nSPS) is 30.4. The Morgan fingerprint density at radius 2 is 1.64 bits per heavy atom. The summed E-state index contributed by atoms with van der Waals surface area (Å²) in [6.07, 6.45) is -5.87. The highest BCUT2D eigenvalue weighted by Crippen LogP contribution is 2.35. The average Bonchev–Trinajstić information content (AvgIpc) is 3.11. The third-order valence-corrected chi connectivity index (χ3v) is 5.96. The SMILES string of the molecule is OCC1OC(c2ccc(Cl)c(CN3Cc4ccccc4C3)c2)[C@H](O)C(O)[C@@H]1O. The number of hydrogen-bond acceptors (Lipinski definition) is 6. The Hall–Kier alpha value is -1.51. The van der Waals surface area contributed by atoms with E-state index >= 15 is 0 Å². The van der Waals surface area contributed by atoms with E-state index in [0.717, 1.165) is 18.7 Å². The molecule has 0 bridgehead atoms. The van der Waals surface area contributed by atoms with Gasteiger partial charge in [-0.15, -0.1) is 0 Å². The first kappa shape index (κ1) is 19.8. The fraction of sp³-hybridized carbons (Fsp3) is 0.429. The van der Waals surface area contributed by atoms with Crippen LogP contribution in [0.15, 0.2) is 42.5 Å². The average molecular weight is 406 g/mol. The maximum absolute atomic E-state index is 10.4. The second kappa shape index (κ2) is 8.08. The van der Waals surface area contributed by atoms with Crippen LogP contribution >= 0.6 is 11.6 Å². The van der Waals surface area contributed by atoms with Crippen molar-refractivity contribution in [1.29, 1.82) is 0 Å². The van der Waals surface area contributed by atoms with E-state index in [4.69, 9.17) is 16.3 Å². The highest BCUT2D eigenvalue weighted by atomic mass is 35.5. The molecule has 7 heteroatoms. The van der Waals surface area contributed by atoms with Gasteiger partial charge in [-0.25, -0.2) is 0 Å². The van der Waals surface area contributed by atoms with Gasteiger partial charge in [0.05, 0.1) is 6.61 Å². The molecule has 2 heterocycles. The van der Waals surface area contributed by atoms with Crippen molar-refractivity contribution in [2.45, 2.75) is 50.2 Å². The third kappa shape index (κ3) is 3.69. The van der Waals surface area contributed by atoms with Gasteiger partial charge in [0.25, 0.3) is 0 Å². The molecule has 0 radical (unpaired) electrons. The predicted molar refractivity (Wildman–Crippen MR) is 104 cm³/mol. The molecule has 3 unspecified atom stereocenters. The summed E-state index contributed by atoms with van der Waals surface area (Å²) in [4.78, 5) is 2.28. The van der Waals surface area contributed by atoms with Crippen LogP contribution in [0.5, 0.6) is 0 Å². The van der Waals surface area contributed by atoms with Gasteiger partial charge in [-0.1, -0.05) is 48.0 Å². The van der Waals surface area contributed by atoms with E-state index < -0.39 is 37.1 Å². The Kier molecular flexibility index (Phi) is 5.71. The Balaban J connectivity index is 1.54. The first-order valence-corrected chi connectivity index (χ1v) is 9.73. The van der Waals surface area contributed by atoms with E-state index in [0.29, 0.717) is 17.1 Å². The van der Waals surface area contributed by atoms with Gasteiger partial charge in [-0.05, 0) is 28.3 Å². The Bertz CT molecular complexity index is 820. The van der Waals surface area contributed by atoms with Crippen LogP contribution < -0.4 is 0 Å². The zero-order valence-electron chi connectivity index (χ0n) is 15.3. The molecule has 2 aliphatic heterocycles. The summed E-state index contributed by atoms with van der Waals surface area (Å²) >= 11 is 6.41. The third-order valence-electron chi connectivity index (χ3n) is 5.59. The molecule has 5 atom stereocenters. The van der Waals surface area contributed by atoms with Gasteiger partial charge in [0.15, 0.2) is 0 Å². The molecule has 150 valence electrons. The van der Waals surface area contributed by atoms with Crippen LogP contribution in [0, 0.1) is 0 Å². The number of ether oxygens (including phenoxy) is 1. The topological polar surface area (TPSA) is 93.4 Å². The highest BCUT2D eigenvalue weighted by molar-refractivity contribution is 6.31. The second-order valence-electron chi connectivity index (χ2n) is 7.51. The monoisotopic (exact) mass is 405 g/mol. The summed E-state index contributed by atoms with van der Waals surface area (Å²) in [7, 11) is 0. The summed E-state index contributed by atoms with van der Waals surface area (Å²) in [5.41, 5.74) is 4.16. The molecule has 2 aliphatic rings. The lowest BCUT2D eigenvalue weighted by Crippen LogP contribution is -2.55. The van der Waals surface area contributed by atoms with E-state index in [2.05, 4.69) is 17.0 Å². The van der Waals surface area contributed by atoms with E-state index in [1.54, 1.807) is 12.1 Å². The number of halogens is 1. The van der Waals surface area contributed by atoms with Crippen LogP contribution in [-0.4, -0.2) is 56.3 Å². The first-order valence-electron chi connectivity index (χ1n) is 9.36. The van der Waals surface area contributed by atoms with Crippen molar-refractivity contribution in [2.24, 2.45) is 0 Å². The molecule has 0 aromatic heterocycles. The van der Waals surface area contributed by atoms with Crippen molar-refractivity contribution in [3.05, 3.63) is 69.7 Å². The molecule has 28 heavy (non-hydrogen) atoms. The van der Waals surface area contributed by atoms with Crippen molar-refractivity contribution in [1.82, 2.24) is 4.90 Å². The van der Waals surface area contributed by atoms with Crippen LogP contribution in [0.3, 0.4) is 0 Å². The maximum atomic E-state index is 10.4. The molecule has 4 N–H and O–H groups in total. The number of hydrogen-bond donors (Lipinski definition) is 4. The van der Waals surface area contributed by atoms with Crippen molar-refractivity contribution >= 4 is 11.6 Å². The summed E-state index contributed by atoms with van der Waals surface area (Å²) in [6.45, 7) is 1.88. The molecule has 0 spiro atoms.